The Morgan fingerprint density at radius 2 is 2.33 bits per heavy atom. The van der Waals surface area contributed by atoms with Crippen LogP contribution in [0.3, 0.4) is 0 Å². The average molecular weight is 207 g/mol. The third kappa shape index (κ3) is 3.75. The largest absolute Gasteiger partial charge is 0.384 e. The van der Waals surface area contributed by atoms with Crippen LogP contribution in [0.15, 0.2) is 18.3 Å². The Morgan fingerprint density at radius 3 is 3.00 bits per heavy atom. The number of nitrogens with two attached hydrogens (primary N) is 1. The zero-order valence-corrected chi connectivity index (χ0v) is 8.78. The molecule has 15 heavy (non-hydrogen) atoms. The van der Waals surface area contributed by atoms with Crippen molar-refractivity contribution in [2.24, 2.45) is 5.92 Å². The maximum absolute atomic E-state index is 5.50. The fraction of sp³-hybridized carbons (Fsp3) is 0.545. The Bertz CT molecular complexity index is 295. The number of aromatic nitrogens is 1. The summed E-state index contributed by atoms with van der Waals surface area (Å²) in [6.07, 6.45) is 4.42. The highest BCUT2D eigenvalue weighted by atomic mass is 16.5. The van der Waals surface area contributed by atoms with Crippen LogP contribution in [0.1, 0.15) is 12.8 Å². The normalized spacial score (nSPS) is 15.2. The van der Waals surface area contributed by atoms with Gasteiger partial charge in [-0.05, 0) is 30.9 Å². The van der Waals surface area contributed by atoms with Crippen molar-refractivity contribution in [3.05, 3.63) is 18.3 Å². The van der Waals surface area contributed by atoms with Crippen LogP contribution in [0.5, 0.6) is 0 Å². The molecule has 4 nitrogen and oxygen atoms in total. The van der Waals surface area contributed by atoms with E-state index in [1.54, 1.807) is 12.3 Å². The summed E-state index contributed by atoms with van der Waals surface area (Å²) in [4.78, 5) is 3.99. The molecular weight excluding hydrogens is 190 g/mol. The van der Waals surface area contributed by atoms with Gasteiger partial charge in [-0.1, -0.05) is 0 Å². The van der Waals surface area contributed by atoms with Crippen molar-refractivity contribution in [2.75, 3.05) is 30.8 Å². The van der Waals surface area contributed by atoms with Crippen LogP contribution >= 0.6 is 0 Å². The zero-order chi connectivity index (χ0) is 10.5. The van der Waals surface area contributed by atoms with E-state index in [-0.39, 0.29) is 0 Å². The fourth-order valence-electron chi connectivity index (χ4n) is 1.31. The number of nitrogens with one attached hydrogen (secondary N) is 1. The van der Waals surface area contributed by atoms with E-state index in [2.05, 4.69) is 10.3 Å². The van der Waals surface area contributed by atoms with Crippen LogP contribution in [0, 0.1) is 5.92 Å². The summed E-state index contributed by atoms with van der Waals surface area (Å²) in [5.74, 6) is 1.38. The minimum atomic E-state index is 0.547. The number of nitrogen functional groups attached to an aromatic ring is 1. The minimum absolute atomic E-state index is 0.547. The van der Waals surface area contributed by atoms with Crippen molar-refractivity contribution < 1.29 is 4.74 Å². The van der Waals surface area contributed by atoms with Gasteiger partial charge in [-0.25, -0.2) is 4.98 Å². The smallest absolute Gasteiger partial charge is 0.123 e. The molecule has 1 saturated carbocycles. The Morgan fingerprint density at radius 1 is 1.47 bits per heavy atom. The van der Waals surface area contributed by atoms with Crippen LogP contribution < -0.4 is 11.1 Å². The molecule has 82 valence electrons. The Balaban J connectivity index is 1.58. The molecule has 0 spiro atoms. The van der Waals surface area contributed by atoms with Crippen LogP contribution in [0.2, 0.25) is 0 Å². The highest BCUT2D eigenvalue weighted by Gasteiger charge is 2.20. The van der Waals surface area contributed by atoms with E-state index >= 15 is 0 Å². The van der Waals surface area contributed by atoms with Gasteiger partial charge in [-0.2, -0.15) is 0 Å². The molecule has 0 aromatic carbocycles. The van der Waals surface area contributed by atoms with Gasteiger partial charge in [0.05, 0.1) is 18.5 Å². The lowest BCUT2D eigenvalue weighted by Gasteiger charge is -2.06. The van der Waals surface area contributed by atoms with Gasteiger partial charge in [0.25, 0.3) is 0 Å². The molecule has 0 aliphatic heterocycles. The third-order valence-corrected chi connectivity index (χ3v) is 2.41. The van der Waals surface area contributed by atoms with Crippen LogP contribution in [0.25, 0.3) is 0 Å². The Labute approximate surface area is 89.8 Å². The molecule has 1 aromatic heterocycles. The van der Waals surface area contributed by atoms with E-state index in [1.165, 1.54) is 12.8 Å². The van der Waals surface area contributed by atoms with E-state index in [4.69, 9.17) is 10.5 Å². The maximum atomic E-state index is 5.50. The molecule has 0 saturated heterocycles. The first-order valence-corrected chi connectivity index (χ1v) is 5.38. The molecule has 0 radical (unpaired) electrons. The predicted molar refractivity (Wildman–Crippen MR) is 60.7 cm³/mol. The number of pyridine rings is 1. The highest BCUT2D eigenvalue weighted by Crippen LogP contribution is 2.28. The molecule has 4 heteroatoms. The molecule has 0 amide bonds. The second-order valence-corrected chi connectivity index (χ2v) is 3.92. The minimum Gasteiger partial charge on any atom is -0.384 e. The zero-order valence-electron chi connectivity index (χ0n) is 8.78. The van der Waals surface area contributed by atoms with Crippen molar-refractivity contribution in [1.82, 2.24) is 4.98 Å². The molecule has 1 fully saturated rings. The molecule has 0 bridgehead atoms. The van der Waals surface area contributed by atoms with Crippen molar-refractivity contribution >= 4 is 11.5 Å². The first-order valence-electron chi connectivity index (χ1n) is 5.38. The first-order chi connectivity index (χ1) is 7.34. The lowest BCUT2D eigenvalue weighted by atomic mass is 10.4. The van der Waals surface area contributed by atoms with E-state index < -0.39 is 0 Å². The quantitative estimate of drug-likeness (QED) is 0.694. The second kappa shape index (κ2) is 4.98. The van der Waals surface area contributed by atoms with E-state index in [9.17, 15) is 0 Å². The Hall–Kier alpha value is -1.29. The Kier molecular flexibility index (Phi) is 3.40. The van der Waals surface area contributed by atoms with Gasteiger partial charge in [0.2, 0.25) is 0 Å². The molecule has 1 aliphatic rings. The monoisotopic (exact) mass is 207 g/mol. The fourth-order valence-corrected chi connectivity index (χ4v) is 1.31. The summed E-state index contributed by atoms with van der Waals surface area (Å²) in [6, 6.07) is 3.70. The number of anilines is 2. The molecular formula is C11H17N3O. The second-order valence-electron chi connectivity index (χ2n) is 3.92. The maximum Gasteiger partial charge on any atom is 0.123 e. The van der Waals surface area contributed by atoms with Crippen molar-refractivity contribution in [3.63, 3.8) is 0 Å². The summed E-state index contributed by atoms with van der Waals surface area (Å²) in [5.41, 5.74) is 6.47. The molecule has 0 atom stereocenters. The van der Waals surface area contributed by atoms with Gasteiger partial charge in [-0.3, -0.25) is 0 Å². The summed E-state index contributed by atoms with van der Waals surface area (Å²) in [7, 11) is 0. The molecule has 1 heterocycles. The summed E-state index contributed by atoms with van der Waals surface area (Å²) >= 11 is 0. The van der Waals surface area contributed by atoms with Gasteiger partial charge < -0.3 is 15.8 Å². The van der Waals surface area contributed by atoms with Crippen molar-refractivity contribution in [2.45, 2.75) is 12.8 Å². The lowest BCUT2D eigenvalue weighted by Crippen LogP contribution is -2.10. The number of nitrogens with zero attached hydrogens (tertiary/aromatic N) is 1. The van der Waals surface area contributed by atoms with Gasteiger partial charge in [-0.15, -0.1) is 0 Å². The van der Waals surface area contributed by atoms with Gasteiger partial charge in [0, 0.05) is 13.2 Å². The average Bonchev–Trinajstić information content (AvgIpc) is 3.04. The summed E-state index contributed by atoms with van der Waals surface area (Å²) in [5, 5.41) is 3.22. The summed E-state index contributed by atoms with van der Waals surface area (Å²) in [6.45, 7) is 2.49. The van der Waals surface area contributed by atoms with Crippen LogP contribution in [0.4, 0.5) is 11.5 Å². The first kappa shape index (κ1) is 10.2. The molecule has 1 aliphatic carbocycles. The van der Waals surface area contributed by atoms with Gasteiger partial charge in [0.1, 0.15) is 5.82 Å². The summed E-state index contributed by atoms with van der Waals surface area (Å²) < 4.78 is 5.50. The third-order valence-electron chi connectivity index (χ3n) is 2.41. The standard InChI is InChI=1S/C11H17N3O/c12-11-4-3-10(7-14-11)13-5-6-15-8-9-1-2-9/h3-4,7,9,13H,1-2,5-6,8H2,(H2,12,14). The molecule has 2 rings (SSSR count). The van der Waals surface area contributed by atoms with Crippen LogP contribution in [-0.4, -0.2) is 24.7 Å². The topological polar surface area (TPSA) is 60.2 Å². The highest BCUT2D eigenvalue weighted by molar-refractivity contribution is 5.45. The molecule has 0 unspecified atom stereocenters. The number of hydrogen-bond donors (Lipinski definition) is 2. The van der Waals surface area contributed by atoms with Crippen molar-refractivity contribution in [1.29, 1.82) is 0 Å². The lowest BCUT2D eigenvalue weighted by molar-refractivity contribution is 0.134. The van der Waals surface area contributed by atoms with Crippen LogP contribution in [-0.2, 0) is 4.74 Å². The van der Waals surface area contributed by atoms with Crippen molar-refractivity contribution in [3.8, 4) is 0 Å². The van der Waals surface area contributed by atoms with E-state index in [1.807, 2.05) is 6.07 Å². The molecule has 1 aromatic rings. The number of ether oxygens (including phenoxy) is 1. The van der Waals surface area contributed by atoms with E-state index in [0.29, 0.717) is 5.82 Å². The predicted octanol–water partition coefficient (Wildman–Crippen LogP) is 1.50. The SMILES string of the molecule is Nc1ccc(NCCOCC2CC2)cn1. The number of hydrogen-bond acceptors (Lipinski definition) is 4. The van der Waals surface area contributed by atoms with Gasteiger partial charge >= 0.3 is 0 Å². The number of rotatable bonds is 6. The molecule has 3 N–H and O–H groups in total. The van der Waals surface area contributed by atoms with E-state index in [0.717, 1.165) is 31.4 Å². The van der Waals surface area contributed by atoms with Gasteiger partial charge in [0.15, 0.2) is 0 Å².